The summed E-state index contributed by atoms with van der Waals surface area (Å²) in [5.74, 6) is 7.02. The van der Waals surface area contributed by atoms with E-state index in [1.807, 2.05) is 7.05 Å². The molecule has 0 saturated heterocycles. The lowest BCUT2D eigenvalue weighted by Gasteiger charge is -2.32. The first-order valence-corrected chi connectivity index (χ1v) is 11.7. The third-order valence-corrected chi connectivity index (χ3v) is 6.62. The molecule has 0 amide bonds. The van der Waals surface area contributed by atoms with Gasteiger partial charge in [0, 0.05) is 47.1 Å². The Balaban J connectivity index is 1.90. The first-order chi connectivity index (χ1) is 13.7. The number of unbranched alkanes of at least 4 members (excludes halogenated alkanes) is 1. The summed E-state index contributed by atoms with van der Waals surface area (Å²) in [7, 11) is 3.78. The Morgan fingerprint density at radius 3 is 2.79 bits per heavy atom. The van der Waals surface area contributed by atoms with Crippen LogP contribution in [0.2, 0.25) is 5.02 Å². The zero-order valence-corrected chi connectivity index (χ0v) is 19.4. The molecule has 1 N–H and O–H groups in total. The summed E-state index contributed by atoms with van der Waals surface area (Å²) in [6, 6.07) is 13.6. The lowest BCUT2D eigenvalue weighted by molar-refractivity contribution is 0.196. The van der Waals surface area contributed by atoms with Gasteiger partial charge in [-0.25, -0.2) is 0 Å². The Kier molecular flexibility index (Phi) is 8.23. The molecular weight excluding hydrogens is 481 g/mol. The minimum absolute atomic E-state index is 0.387. The second kappa shape index (κ2) is 10.6. The first kappa shape index (κ1) is 21.6. The number of alkyl halides is 1. The van der Waals surface area contributed by atoms with Crippen molar-refractivity contribution in [3.63, 3.8) is 0 Å². The number of nitrogens with one attached hydrogen (secondary N) is 1. The van der Waals surface area contributed by atoms with Crippen LogP contribution >= 0.6 is 34.2 Å². The van der Waals surface area contributed by atoms with Gasteiger partial charge in [0.15, 0.2) is 0 Å². The van der Waals surface area contributed by atoms with E-state index >= 15 is 0 Å². The Labute approximate surface area is 187 Å². The first-order valence-electron chi connectivity index (χ1n) is 9.81. The smallest absolute Gasteiger partial charge is 0.0471 e. The van der Waals surface area contributed by atoms with Crippen LogP contribution in [0.25, 0.3) is 0 Å². The Morgan fingerprint density at radius 2 is 2.04 bits per heavy atom. The third-order valence-electron chi connectivity index (χ3n) is 5.43. The van der Waals surface area contributed by atoms with Gasteiger partial charge in [-0.2, -0.15) is 0 Å². The molecule has 4 heteroatoms. The number of halogens is 2. The van der Waals surface area contributed by atoms with Crippen LogP contribution in [0.1, 0.15) is 65.5 Å². The van der Waals surface area contributed by atoms with Crippen molar-refractivity contribution in [3.05, 3.63) is 69.2 Å². The van der Waals surface area contributed by atoms with E-state index in [0.29, 0.717) is 12.0 Å². The lowest BCUT2D eigenvalue weighted by Crippen LogP contribution is -2.24. The van der Waals surface area contributed by atoms with Gasteiger partial charge in [0.2, 0.25) is 0 Å². The van der Waals surface area contributed by atoms with Crippen LogP contribution in [0.3, 0.4) is 0 Å². The summed E-state index contributed by atoms with van der Waals surface area (Å²) in [5.41, 5.74) is 6.48. The van der Waals surface area contributed by atoms with Crippen molar-refractivity contribution < 1.29 is 4.74 Å². The van der Waals surface area contributed by atoms with E-state index in [2.05, 4.69) is 76.1 Å². The maximum atomic E-state index is 6.34. The highest BCUT2D eigenvalue weighted by molar-refractivity contribution is 14.1. The van der Waals surface area contributed by atoms with E-state index in [9.17, 15) is 0 Å². The van der Waals surface area contributed by atoms with Gasteiger partial charge in [-0.1, -0.05) is 64.2 Å². The molecule has 0 aromatic heterocycles. The van der Waals surface area contributed by atoms with E-state index < -0.39 is 0 Å². The lowest BCUT2D eigenvalue weighted by atomic mass is 9.76. The zero-order chi connectivity index (χ0) is 19.9. The highest BCUT2D eigenvalue weighted by Gasteiger charge is 2.27. The largest absolute Gasteiger partial charge is 0.385 e. The van der Waals surface area contributed by atoms with Gasteiger partial charge >= 0.3 is 0 Å². The van der Waals surface area contributed by atoms with Gasteiger partial charge in [0.1, 0.15) is 0 Å². The molecule has 0 aliphatic heterocycles. The van der Waals surface area contributed by atoms with Crippen LogP contribution in [0, 0.1) is 11.8 Å². The molecular formula is C24H27ClINO. The third kappa shape index (κ3) is 5.10. The second-order valence-electron chi connectivity index (χ2n) is 7.20. The molecule has 2 aromatic rings. The van der Waals surface area contributed by atoms with Crippen molar-refractivity contribution in [2.24, 2.45) is 0 Å². The summed E-state index contributed by atoms with van der Waals surface area (Å²) in [6.45, 7) is 0.767. The summed E-state index contributed by atoms with van der Waals surface area (Å²) in [5, 5.41) is 4.35. The van der Waals surface area contributed by atoms with E-state index in [0.717, 1.165) is 47.3 Å². The average molecular weight is 508 g/mol. The topological polar surface area (TPSA) is 21.3 Å². The normalized spacial score (nSPS) is 18.3. The maximum Gasteiger partial charge on any atom is 0.0471 e. The molecule has 0 spiro atoms. The molecule has 148 valence electrons. The fourth-order valence-electron chi connectivity index (χ4n) is 3.95. The van der Waals surface area contributed by atoms with Crippen LogP contribution in [0.5, 0.6) is 0 Å². The summed E-state index contributed by atoms with van der Waals surface area (Å²) in [6.07, 6.45) is 4.11. The van der Waals surface area contributed by atoms with E-state index in [-0.39, 0.29) is 0 Å². The average Bonchev–Trinajstić information content (AvgIpc) is 2.73. The summed E-state index contributed by atoms with van der Waals surface area (Å²) in [4.78, 5) is 0. The van der Waals surface area contributed by atoms with Crippen molar-refractivity contribution in [1.29, 1.82) is 0 Å². The van der Waals surface area contributed by atoms with E-state index in [1.54, 1.807) is 7.11 Å². The van der Waals surface area contributed by atoms with Crippen LogP contribution < -0.4 is 5.32 Å². The molecule has 0 radical (unpaired) electrons. The summed E-state index contributed by atoms with van der Waals surface area (Å²) >= 11 is 8.73. The van der Waals surface area contributed by atoms with Gasteiger partial charge < -0.3 is 10.1 Å². The van der Waals surface area contributed by atoms with Gasteiger partial charge in [-0.15, -0.1) is 0 Å². The molecule has 0 saturated carbocycles. The number of rotatable bonds is 6. The van der Waals surface area contributed by atoms with E-state index in [1.165, 1.54) is 22.3 Å². The Hall–Kier alpha value is -1.06. The molecule has 1 aliphatic carbocycles. The minimum Gasteiger partial charge on any atom is -0.385 e. The molecule has 3 rings (SSSR count). The standard InChI is InChI=1S/C24H27ClINO/c1-27-24-12-10-20(18-8-11-23(25)19(15-18)16-26)21-9-7-17(14-22(21)24)6-4-3-5-13-28-2/h7-9,11,14-15,20,24,27H,3,5,10,12-13,16H2,1-2H3/t20-,24-/m0/s1. The molecule has 2 atom stereocenters. The Morgan fingerprint density at radius 1 is 1.18 bits per heavy atom. The van der Waals surface area contributed by atoms with Gasteiger partial charge in [-0.3, -0.25) is 0 Å². The SMILES string of the molecule is CN[C@H]1CC[C@@H](c2ccc(Cl)c(CI)c2)c2ccc(C#CCCCOC)cc21. The van der Waals surface area contributed by atoms with Crippen molar-refractivity contribution in [2.45, 2.75) is 42.1 Å². The highest BCUT2D eigenvalue weighted by atomic mass is 127. The molecule has 28 heavy (non-hydrogen) atoms. The molecule has 2 nitrogen and oxygen atoms in total. The predicted octanol–water partition coefficient (Wildman–Crippen LogP) is 6.24. The quantitative estimate of drug-likeness (QED) is 0.216. The predicted molar refractivity (Wildman–Crippen MR) is 126 cm³/mol. The molecule has 2 aromatic carbocycles. The van der Waals surface area contributed by atoms with Crippen LogP contribution in [-0.2, 0) is 9.16 Å². The molecule has 0 unspecified atom stereocenters. The molecule has 1 aliphatic rings. The number of hydrogen-bond donors (Lipinski definition) is 1. The van der Waals surface area contributed by atoms with Crippen molar-refractivity contribution in [2.75, 3.05) is 20.8 Å². The van der Waals surface area contributed by atoms with Gasteiger partial charge in [-0.05, 0) is 66.8 Å². The van der Waals surface area contributed by atoms with Crippen molar-refractivity contribution in [1.82, 2.24) is 5.32 Å². The number of fused-ring (bicyclic) bond motifs is 1. The van der Waals surface area contributed by atoms with Crippen LogP contribution in [0.4, 0.5) is 0 Å². The minimum atomic E-state index is 0.387. The fourth-order valence-corrected chi connectivity index (χ4v) is 4.99. The van der Waals surface area contributed by atoms with Crippen molar-refractivity contribution in [3.8, 4) is 11.8 Å². The highest BCUT2D eigenvalue weighted by Crippen LogP contribution is 2.42. The summed E-state index contributed by atoms with van der Waals surface area (Å²) < 4.78 is 6.02. The number of hydrogen-bond acceptors (Lipinski definition) is 2. The van der Waals surface area contributed by atoms with Crippen LogP contribution in [-0.4, -0.2) is 20.8 Å². The number of ether oxygens (including phenoxy) is 1. The van der Waals surface area contributed by atoms with Gasteiger partial charge in [0.25, 0.3) is 0 Å². The second-order valence-corrected chi connectivity index (χ2v) is 8.37. The van der Waals surface area contributed by atoms with Gasteiger partial charge in [0.05, 0.1) is 0 Å². The monoisotopic (exact) mass is 507 g/mol. The molecule has 0 fully saturated rings. The fraction of sp³-hybridized carbons (Fsp3) is 0.417. The molecule has 0 bridgehead atoms. The maximum absolute atomic E-state index is 6.34. The Bertz CT molecular complexity index is 871. The van der Waals surface area contributed by atoms with E-state index in [4.69, 9.17) is 16.3 Å². The number of methoxy groups -OCH3 is 1. The van der Waals surface area contributed by atoms with Crippen molar-refractivity contribution >= 4 is 34.2 Å². The zero-order valence-electron chi connectivity index (χ0n) is 16.5. The molecule has 0 heterocycles. The number of benzene rings is 2. The van der Waals surface area contributed by atoms with Crippen LogP contribution in [0.15, 0.2) is 36.4 Å².